The van der Waals surface area contributed by atoms with Crippen molar-refractivity contribution in [1.82, 2.24) is 4.98 Å². The van der Waals surface area contributed by atoms with Crippen molar-refractivity contribution in [2.45, 2.75) is 33.3 Å². The van der Waals surface area contributed by atoms with E-state index >= 15 is 0 Å². The molecule has 3 rings (SSSR count). The zero-order valence-electron chi connectivity index (χ0n) is 17.1. The summed E-state index contributed by atoms with van der Waals surface area (Å²) in [6.45, 7) is 4.02. The Morgan fingerprint density at radius 1 is 1.00 bits per heavy atom. The topological polar surface area (TPSA) is 80.1 Å². The molecule has 5 heteroatoms. The maximum Gasteiger partial charge on any atom is 0.194 e. The predicted octanol–water partition coefficient (Wildman–Crippen LogP) is 5.04. The molecule has 2 aromatic carbocycles. The minimum absolute atomic E-state index is 0.0421. The number of aromatic nitrogens is 1. The molecule has 30 heavy (non-hydrogen) atoms. The highest BCUT2D eigenvalue weighted by molar-refractivity contribution is 6.09. The molecule has 1 aromatic heterocycles. The summed E-state index contributed by atoms with van der Waals surface area (Å²) in [4.78, 5) is 28.3. The van der Waals surface area contributed by atoms with E-state index in [9.17, 15) is 9.59 Å². The first kappa shape index (κ1) is 21.1. The third kappa shape index (κ3) is 5.06. The van der Waals surface area contributed by atoms with E-state index in [0.717, 1.165) is 29.7 Å². The maximum absolute atomic E-state index is 12.6. The molecule has 0 spiro atoms. The van der Waals surface area contributed by atoms with Gasteiger partial charge in [-0.1, -0.05) is 37.6 Å². The van der Waals surface area contributed by atoms with Gasteiger partial charge in [-0.2, -0.15) is 0 Å². The molecule has 0 amide bonds. The number of hydrogen-bond donors (Lipinski definition) is 1. The van der Waals surface area contributed by atoms with E-state index in [1.165, 1.54) is 12.4 Å². The van der Waals surface area contributed by atoms with Gasteiger partial charge >= 0.3 is 0 Å². The maximum atomic E-state index is 12.6. The average molecular weight is 400 g/mol. The first-order valence-electron chi connectivity index (χ1n) is 9.87. The lowest BCUT2D eigenvalue weighted by Crippen LogP contribution is -2.04. The number of benzene rings is 2. The number of Topliss-reactive ketones (excluding diaryl/α,β-unsaturated/α-hetero) is 1. The lowest BCUT2D eigenvalue weighted by molar-refractivity contribution is 0.101. The van der Waals surface area contributed by atoms with Crippen LogP contribution in [0, 0.1) is 5.41 Å². The van der Waals surface area contributed by atoms with Crippen LogP contribution in [0.15, 0.2) is 60.9 Å². The Morgan fingerprint density at radius 3 is 2.40 bits per heavy atom. The van der Waals surface area contributed by atoms with Crippen LogP contribution >= 0.6 is 0 Å². The highest BCUT2D eigenvalue weighted by atomic mass is 16.5. The Morgan fingerprint density at radius 2 is 1.73 bits per heavy atom. The fourth-order valence-corrected chi connectivity index (χ4v) is 3.14. The van der Waals surface area contributed by atoms with Crippen molar-refractivity contribution in [2.75, 3.05) is 0 Å². The highest BCUT2D eigenvalue weighted by Crippen LogP contribution is 2.23. The van der Waals surface area contributed by atoms with E-state index in [1.807, 2.05) is 24.3 Å². The molecule has 0 aliphatic carbocycles. The summed E-state index contributed by atoms with van der Waals surface area (Å²) < 4.78 is 5.99. The number of nitrogens with zero attached hydrogens (tertiary/aromatic N) is 1. The fourth-order valence-electron chi connectivity index (χ4n) is 3.14. The second kappa shape index (κ2) is 9.74. The highest BCUT2D eigenvalue weighted by Gasteiger charge is 2.11. The van der Waals surface area contributed by atoms with Crippen LogP contribution in [0.3, 0.4) is 0 Å². The van der Waals surface area contributed by atoms with Crippen LogP contribution in [0.2, 0.25) is 0 Å². The van der Waals surface area contributed by atoms with Crippen molar-refractivity contribution in [1.29, 1.82) is 5.41 Å². The first-order valence-corrected chi connectivity index (χ1v) is 9.87. The Kier molecular flexibility index (Phi) is 6.86. The number of carbonyl (C=O) groups is 2. The third-order valence-corrected chi connectivity index (χ3v) is 4.79. The van der Waals surface area contributed by atoms with E-state index in [4.69, 9.17) is 10.1 Å². The van der Waals surface area contributed by atoms with Gasteiger partial charge < -0.3 is 10.1 Å². The summed E-state index contributed by atoms with van der Waals surface area (Å²) in [5, 5.41) is 7.30. The molecule has 0 atom stereocenters. The molecule has 5 nitrogen and oxygen atoms in total. The van der Waals surface area contributed by atoms with Crippen molar-refractivity contribution >= 4 is 17.8 Å². The van der Waals surface area contributed by atoms with E-state index < -0.39 is 0 Å². The summed E-state index contributed by atoms with van der Waals surface area (Å²) in [7, 11) is 0. The molecule has 1 N–H and O–H groups in total. The van der Waals surface area contributed by atoms with E-state index in [-0.39, 0.29) is 11.6 Å². The van der Waals surface area contributed by atoms with Crippen LogP contribution < -0.4 is 4.74 Å². The average Bonchev–Trinajstić information content (AvgIpc) is 2.78. The minimum atomic E-state index is -0.135. The molecule has 0 fully saturated rings. The lowest BCUT2D eigenvalue weighted by atomic mass is 10.0. The second-order valence-corrected chi connectivity index (χ2v) is 7.09. The third-order valence-electron chi connectivity index (χ3n) is 4.79. The monoisotopic (exact) mass is 400 g/mol. The van der Waals surface area contributed by atoms with Crippen LogP contribution in [0.1, 0.15) is 63.2 Å². The van der Waals surface area contributed by atoms with Gasteiger partial charge in [0.05, 0.1) is 0 Å². The Hall–Kier alpha value is -3.60. The van der Waals surface area contributed by atoms with Crippen LogP contribution in [-0.4, -0.2) is 22.8 Å². The van der Waals surface area contributed by atoms with Crippen molar-refractivity contribution in [3.8, 4) is 5.75 Å². The molecule has 0 radical (unpaired) electrons. The number of carbonyl (C=O) groups excluding carboxylic acids is 2. The van der Waals surface area contributed by atoms with Gasteiger partial charge in [-0.05, 0) is 48.7 Å². The summed E-state index contributed by atoms with van der Waals surface area (Å²) >= 11 is 0. The second-order valence-electron chi connectivity index (χ2n) is 7.09. The molecule has 0 saturated carbocycles. The quantitative estimate of drug-likeness (QED) is 0.403. The van der Waals surface area contributed by atoms with Gasteiger partial charge in [0.25, 0.3) is 0 Å². The van der Waals surface area contributed by atoms with Crippen LogP contribution in [0.25, 0.3) is 0 Å². The number of ether oxygens (including phenoxy) is 1. The number of rotatable bonds is 9. The van der Waals surface area contributed by atoms with Crippen LogP contribution in [0.4, 0.5) is 0 Å². The number of pyridine rings is 1. The van der Waals surface area contributed by atoms with E-state index in [0.29, 0.717) is 28.9 Å². The number of aryl methyl sites for hydroxylation is 1. The van der Waals surface area contributed by atoms with E-state index in [2.05, 4.69) is 11.9 Å². The summed E-state index contributed by atoms with van der Waals surface area (Å²) in [6, 6.07) is 14.5. The number of nitrogens with one attached hydrogen (secondary N) is 1. The SMILES string of the molecule is CCCc1cc(C(C)=O)ccc1OCc1ccc(C(=O)c2cncc(C=N)c2)cc1. The Labute approximate surface area is 176 Å². The molecule has 152 valence electrons. The molecule has 3 aromatic rings. The van der Waals surface area contributed by atoms with Gasteiger partial charge in [-0.3, -0.25) is 14.6 Å². The summed E-state index contributed by atoms with van der Waals surface area (Å²) in [6.07, 6.45) is 6.02. The molecule has 0 unspecified atom stereocenters. The lowest BCUT2D eigenvalue weighted by Gasteiger charge is -2.13. The van der Waals surface area contributed by atoms with Crippen molar-refractivity contribution < 1.29 is 14.3 Å². The van der Waals surface area contributed by atoms with Gasteiger partial charge in [-0.15, -0.1) is 0 Å². The predicted molar refractivity (Wildman–Crippen MR) is 117 cm³/mol. The van der Waals surface area contributed by atoms with Crippen molar-refractivity contribution in [2.24, 2.45) is 0 Å². The number of ketones is 2. The van der Waals surface area contributed by atoms with Gasteiger partial charge in [0.2, 0.25) is 0 Å². The van der Waals surface area contributed by atoms with Gasteiger partial charge in [0.15, 0.2) is 11.6 Å². The Balaban J connectivity index is 1.71. The summed E-state index contributed by atoms with van der Waals surface area (Å²) in [5.41, 5.74) is 4.25. The van der Waals surface area contributed by atoms with Gasteiger partial charge in [-0.25, -0.2) is 0 Å². The first-order chi connectivity index (χ1) is 14.5. The zero-order chi connectivity index (χ0) is 21.5. The fraction of sp³-hybridized carbons (Fsp3) is 0.200. The van der Waals surface area contributed by atoms with Crippen molar-refractivity contribution in [3.05, 3.63) is 94.3 Å². The van der Waals surface area contributed by atoms with Gasteiger partial charge in [0.1, 0.15) is 12.4 Å². The normalized spacial score (nSPS) is 10.5. The number of hydrogen-bond acceptors (Lipinski definition) is 5. The van der Waals surface area contributed by atoms with E-state index in [1.54, 1.807) is 37.4 Å². The zero-order valence-corrected chi connectivity index (χ0v) is 17.1. The molecule has 0 aliphatic heterocycles. The molecule has 1 heterocycles. The van der Waals surface area contributed by atoms with Crippen molar-refractivity contribution in [3.63, 3.8) is 0 Å². The standard InChI is InChI=1S/C25H24N2O3/c1-3-4-22-12-21(17(2)28)9-10-24(22)30-16-18-5-7-20(8-6-18)25(29)23-11-19(13-26)14-27-15-23/h5-15,26H,3-4,16H2,1-2H3. The molecular formula is C25H24N2O3. The Bertz CT molecular complexity index is 1070. The van der Waals surface area contributed by atoms with Gasteiger partial charge in [0, 0.05) is 40.9 Å². The smallest absolute Gasteiger partial charge is 0.194 e. The minimum Gasteiger partial charge on any atom is -0.489 e. The molecule has 0 bridgehead atoms. The summed E-state index contributed by atoms with van der Waals surface area (Å²) in [5.74, 6) is 0.681. The largest absolute Gasteiger partial charge is 0.489 e. The molecule has 0 aliphatic rings. The molecule has 0 saturated heterocycles. The van der Waals surface area contributed by atoms with Crippen LogP contribution in [0.5, 0.6) is 5.75 Å². The van der Waals surface area contributed by atoms with Crippen LogP contribution in [-0.2, 0) is 13.0 Å². The molecular weight excluding hydrogens is 376 g/mol.